The van der Waals surface area contributed by atoms with Crippen LogP contribution in [0.2, 0.25) is 0 Å². The van der Waals surface area contributed by atoms with E-state index in [2.05, 4.69) is 26.6 Å². The fraction of sp³-hybridized carbons (Fsp3) is 0.556. The number of quaternary nitrogens is 1. The minimum atomic E-state index is -0.384. The summed E-state index contributed by atoms with van der Waals surface area (Å²) in [5, 5.41) is 7.20. The monoisotopic (exact) mass is 412 g/mol. The quantitative estimate of drug-likeness (QED) is 0.669. The molecule has 25 heavy (non-hydrogen) atoms. The van der Waals surface area contributed by atoms with E-state index in [0.29, 0.717) is 0 Å². The van der Waals surface area contributed by atoms with Gasteiger partial charge in [-0.25, -0.2) is 4.79 Å². The Morgan fingerprint density at radius 3 is 2.68 bits per heavy atom. The number of benzene rings is 1. The largest absolute Gasteiger partial charge is 0.496 e. The first kappa shape index (κ1) is 19.7. The highest BCUT2D eigenvalue weighted by Gasteiger charge is 2.18. The van der Waals surface area contributed by atoms with Gasteiger partial charge in [0.05, 0.1) is 11.6 Å². The molecule has 1 saturated carbocycles. The molecule has 1 aliphatic carbocycles. The number of carbonyl (C=O) groups is 2. The Kier molecular flexibility index (Phi) is 7.71. The van der Waals surface area contributed by atoms with E-state index in [1.807, 2.05) is 30.4 Å². The third kappa shape index (κ3) is 6.32. The summed E-state index contributed by atoms with van der Waals surface area (Å²) in [6.07, 6.45) is 5.50. The Labute approximate surface area is 157 Å². The van der Waals surface area contributed by atoms with Gasteiger partial charge in [0, 0.05) is 11.6 Å². The van der Waals surface area contributed by atoms with E-state index in [1.54, 1.807) is 7.11 Å². The number of amides is 3. The van der Waals surface area contributed by atoms with Crippen molar-refractivity contribution in [1.82, 2.24) is 10.6 Å². The molecule has 7 heteroatoms. The molecule has 0 spiro atoms. The number of halogens is 1. The predicted molar refractivity (Wildman–Crippen MR) is 99.4 cm³/mol. The van der Waals surface area contributed by atoms with Crippen LogP contribution in [-0.2, 0) is 4.79 Å². The molecule has 0 heterocycles. The SMILES string of the molecule is COc1ccc([C@@H](C)[NH2+]CC(=O)NC(=O)NC2CCCCC2)cc1Br. The van der Waals surface area contributed by atoms with Crippen molar-refractivity contribution < 1.29 is 19.6 Å². The van der Waals surface area contributed by atoms with Gasteiger partial charge in [-0.2, -0.15) is 0 Å². The summed E-state index contributed by atoms with van der Waals surface area (Å²) in [5.41, 5.74) is 1.08. The first-order valence-electron chi connectivity index (χ1n) is 8.76. The van der Waals surface area contributed by atoms with Crippen molar-refractivity contribution in [3.05, 3.63) is 28.2 Å². The maximum absolute atomic E-state index is 12.0. The average molecular weight is 413 g/mol. The highest BCUT2D eigenvalue weighted by molar-refractivity contribution is 9.10. The van der Waals surface area contributed by atoms with Gasteiger partial charge in [0.15, 0.2) is 6.54 Å². The average Bonchev–Trinajstić information content (AvgIpc) is 2.60. The Balaban J connectivity index is 1.74. The van der Waals surface area contributed by atoms with Gasteiger partial charge in [-0.1, -0.05) is 19.3 Å². The molecule has 1 aliphatic rings. The second kappa shape index (κ2) is 9.77. The lowest BCUT2D eigenvalue weighted by Gasteiger charge is -2.22. The molecule has 1 fully saturated rings. The lowest BCUT2D eigenvalue weighted by Crippen LogP contribution is -2.87. The normalized spacial score (nSPS) is 16.1. The minimum absolute atomic E-state index is 0.0920. The summed E-state index contributed by atoms with van der Waals surface area (Å²) in [7, 11) is 1.62. The molecule has 0 saturated heterocycles. The number of imide groups is 1. The number of carbonyl (C=O) groups excluding carboxylic acids is 2. The second-order valence-electron chi connectivity index (χ2n) is 6.48. The summed E-state index contributed by atoms with van der Waals surface area (Å²) in [4.78, 5) is 23.8. The van der Waals surface area contributed by atoms with Crippen LogP contribution in [0, 0.1) is 0 Å². The molecule has 1 atom stereocenters. The van der Waals surface area contributed by atoms with E-state index in [0.717, 1.165) is 41.5 Å². The van der Waals surface area contributed by atoms with Crippen molar-refractivity contribution in [2.45, 2.75) is 51.1 Å². The summed E-state index contributed by atoms with van der Waals surface area (Å²) in [5.74, 6) is 0.487. The van der Waals surface area contributed by atoms with E-state index in [-0.39, 0.29) is 30.6 Å². The number of nitrogens with two attached hydrogens (primary N) is 1. The first-order valence-corrected chi connectivity index (χ1v) is 9.56. The van der Waals surface area contributed by atoms with Gasteiger partial charge in [-0.3, -0.25) is 10.1 Å². The Hall–Kier alpha value is -1.60. The highest BCUT2D eigenvalue weighted by atomic mass is 79.9. The molecule has 138 valence electrons. The topological polar surface area (TPSA) is 84.0 Å². The molecule has 0 bridgehead atoms. The lowest BCUT2D eigenvalue weighted by atomic mass is 9.96. The minimum Gasteiger partial charge on any atom is -0.496 e. The molecule has 3 amide bonds. The number of rotatable bonds is 6. The van der Waals surface area contributed by atoms with Crippen molar-refractivity contribution in [3.8, 4) is 5.75 Å². The molecule has 0 aromatic heterocycles. The van der Waals surface area contributed by atoms with Gasteiger partial charge < -0.3 is 15.4 Å². The second-order valence-corrected chi connectivity index (χ2v) is 7.33. The van der Waals surface area contributed by atoms with Crippen LogP contribution < -0.4 is 20.7 Å². The summed E-state index contributed by atoms with van der Waals surface area (Å²) in [6.45, 7) is 2.21. The molecular weight excluding hydrogens is 386 g/mol. The van der Waals surface area contributed by atoms with Crippen molar-refractivity contribution in [1.29, 1.82) is 0 Å². The number of hydrogen-bond donors (Lipinski definition) is 3. The van der Waals surface area contributed by atoms with Crippen LogP contribution in [0.15, 0.2) is 22.7 Å². The molecule has 0 radical (unpaired) electrons. The zero-order valence-electron chi connectivity index (χ0n) is 14.8. The van der Waals surface area contributed by atoms with Gasteiger partial charge >= 0.3 is 6.03 Å². The fourth-order valence-corrected chi connectivity index (χ4v) is 3.59. The van der Waals surface area contributed by atoms with Gasteiger partial charge in [0.25, 0.3) is 5.91 Å². The third-order valence-corrected chi connectivity index (χ3v) is 5.17. The van der Waals surface area contributed by atoms with Crippen LogP contribution in [0.3, 0.4) is 0 Å². The smallest absolute Gasteiger partial charge is 0.321 e. The van der Waals surface area contributed by atoms with Gasteiger partial charge in [0.2, 0.25) is 0 Å². The standard InChI is InChI=1S/C18H26BrN3O3/c1-12(13-8-9-16(25-2)15(19)10-13)20-11-17(23)22-18(24)21-14-6-4-3-5-7-14/h8-10,12,14,20H,3-7,11H2,1-2H3,(H2,21,22,23,24)/p+1/t12-/m1/s1. The number of hydrogen-bond acceptors (Lipinski definition) is 3. The molecule has 6 nitrogen and oxygen atoms in total. The van der Waals surface area contributed by atoms with Crippen LogP contribution in [0.25, 0.3) is 0 Å². The van der Waals surface area contributed by atoms with E-state index < -0.39 is 0 Å². The van der Waals surface area contributed by atoms with E-state index in [1.165, 1.54) is 6.42 Å². The Bertz CT molecular complexity index is 603. The Morgan fingerprint density at radius 2 is 2.04 bits per heavy atom. The Morgan fingerprint density at radius 1 is 1.32 bits per heavy atom. The van der Waals surface area contributed by atoms with Crippen molar-refractivity contribution in [3.63, 3.8) is 0 Å². The van der Waals surface area contributed by atoms with Gasteiger partial charge in [-0.05, 0) is 53.9 Å². The number of methoxy groups -OCH3 is 1. The summed E-state index contributed by atoms with van der Waals surface area (Å²) >= 11 is 3.46. The number of urea groups is 1. The van der Waals surface area contributed by atoms with Crippen LogP contribution in [0.4, 0.5) is 4.79 Å². The zero-order valence-corrected chi connectivity index (χ0v) is 16.4. The molecule has 0 unspecified atom stereocenters. The molecular formula is C18H27BrN3O3+. The van der Waals surface area contributed by atoms with Crippen molar-refractivity contribution in [2.75, 3.05) is 13.7 Å². The summed E-state index contributed by atoms with van der Waals surface area (Å²) < 4.78 is 6.10. The van der Waals surface area contributed by atoms with Crippen molar-refractivity contribution >= 4 is 27.9 Å². The third-order valence-electron chi connectivity index (χ3n) is 4.55. The van der Waals surface area contributed by atoms with Crippen LogP contribution in [0.1, 0.15) is 50.6 Å². The highest BCUT2D eigenvalue weighted by Crippen LogP contribution is 2.27. The first-order chi connectivity index (χ1) is 12.0. The van der Waals surface area contributed by atoms with Crippen LogP contribution in [-0.4, -0.2) is 31.6 Å². The number of nitrogens with one attached hydrogen (secondary N) is 2. The number of ether oxygens (including phenoxy) is 1. The molecule has 2 rings (SSSR count). The van der Waals surface area contributed by atoms with E-state index >= 15 is 0 Å². The summed E-state index contributed by atoms with van der Waals surface area (Å²) in [6, 6.07) is 5.74. The fourth-order valence-electron chi connectivity index (χ4n) is 3.03. The van der Waals surface area contributed by atoms with Gasteiger partial charge in [0.1, 0.15) is 11.8 Å². The predicted octanol–water partition coefficient (Wildman–Crippen LogP) is 2.24. The van der Waals surface area contributed by atoms with Crippen LogP contribution in [0.5, 0.6) is 5.75 Å². The molecule has 0 aliphatic heterocycles. The maximum Gasteiger partial charge on any atom is 0.321 e. The molecule has 1 aromatic carbocycles. The van der Waals surface area contributed by atoms with E-state index in [4.69, 9.17) is 4.74 Å². The van der Waals surface area contributed by atoms with Crippen LogP contribution >= 0.6 is 15.9 Å². The zero-order chi connectivity index (χ0) is 18.2. The maximum atomic E-state index is 12.0. The lowest BCUT2D eigenvalue weighted by molar-refractivity contribution is -0.682. The van der Waals surface area contributed by atoms with Crippen molar-refractivity contribution in [2.24, 2.45) is 0 Å². The molecule has 1 aromatic rings. The molecule has 4 N–H and O–H groups in total. The van der Waals surface area contributed by atoms with Gasteiger partial charge in [-0.15, -0.1) is 0 Å². The van der Waals surface area contributed by atoms with E-state index in [9.17, 15) is 9.59 Å².